The summed E-state index contributed by atoms with van der Waals surface area (Å²) in [5.41, 5.74) is 1.77. The van der Waals surface area contributed by atoms with E-state index >= 15 is 0 Å². The van der Waals surface area contributed by atoms with Crippen molar-refractivity contribution in [2.45, 2.75) is 25.1 Å². The second-order valence-electron chi connectivity index (χ2n) is 7.69. The Morgan fingerprint density at radius 3 is 2.48 bits per heavy atom. The lowest BCUT2D eigenvalue weighted by Crippen LogP contribution is -2.25. The van der Waals surface area contributed by atoms with Gasteiger partial charge in [0.05, 0.1) is 10.6 Å². The van der Waals surface area contributed by atoms with Gasteiger partial charge in [0.2, 0.25) is 5.91 Å². The lowest BCUT2D eigenvalue weighted by molar-refractivity contribution is -0.137. The predicted molar refractivity (Wildman–Crippen MR) is 125 cm³/mol. The molecule has 4 aromatic rings. The quantitative estimate of drug-likeness (QED) is 0.292. The van der Waals surface area contributed by atoms with Gasteiger partial charge in [0.15, 0.2) is 0 Å². The molecule has 0 aliphatic carbocycles. The molecular formula is C25H19Cl2F3N2O. The highest BCUT2D eigenvalue weighted by Crippen LogP contribution is 2.40. The Kier molecular flexibility index (Phi) is 6.68. The number of carbonyl (C=O) groups excluding carboxylic acids is 1. The number of aromatic nitrogens is 1. The van der Waals surface area contributed by atoms with Gasteiger partial charge in [-0.3, -0.25) is 4.79 Å². The zero-order valence-electron chi connectivity index (χ0n) is 17.2. The van der Waals surface area contributed by atoms with Crippen molar-refractivity contribution in [1.29, 1.82) is 0 Å². The molecule has 3 nitrogen and oxygen atoms in total. The summed E-state index contributed by atoms with van der Waals surface area (Å²) in [5.74, 6) is -0.935. The van der Waals surface area contributed by atoms with Crippen LogP contribution in [-0.4, -0.2) is 10.9 Å². The van der Waals surface area contributed by atoms with E-state index in [9.17, 15) is 18.0 Å². The average Bonchev–Trinajstić information content (AvgIpc) is 3.19. The molecule has 8 heteroatoms. The van der Waals surface area contributed by atoms with Crippen molar-refractivity contribution in [2.24, 2.45) is 0 Å². The van der Waals surface area contributed by atoms with E-state index in [0.717, 1.165) is 22.5 Å². The van der Waals surface area contributed by atoms with E-state index in [1.54, 1.807) is 24.4 Å². The van der Waals surface area contributed by atoms with Crippen molar-refractivity contribution in [3.63, 3.8) is 0 Å². The van der Waals surface area contributed by atoms with Crippen LogP contribution in [0.25, 0.3) is 10.9 Å². The van der Waals surface area contributed by atoms with Gasteiger partial charge in [-0.05, 0) is 47.0 Å². The first kappa shape index (κ1) is 23.2. The first-order valence-electron chi connectivity index (χ1n) is 10.2. The third-order valence-electron chi connectivity index (χ3n) is 5.47. The Bertz CT molecular complexity index is 1290. The number of alkyl halides is 3. The summed E-state index contributed by atoms with van der Waals surface area (Å²) in [6.45, 7) is 0.320. The second kappa shape index (κ2) is 9.49. The summed E-state index contributed by atoms with van der Waals surface area (Å²) in [7, 11) is 0. The summed E-state index contributed by atoms with van der Waals surface area (Å²) in [6, 6.07) is 18.4. The minimum atomic E-state index is -4.61. The molecule has 0 saturated heterocycles. The predicted octanol–water partition coefficient (Wildman–Crippen LogP) is 7.33. The van der Waals surface area contributed by atoms with E-state index in [1.807, 2.05) is 30.3 Å². The number of benzene rings is 3. The van der Waals surface area contributed by atoms with Crippen LogP contribution in [0.3, 0.4) is 0 Å². The summed E-state index contributed by atoms with van der Waals surface area (Å²) in [4.78, 5) is 16.0. The summed E-state index contributed by atoms with van der Waals surface area (Å²) >= 11 is 12.0. The highest BCUT2D eigenvalue weighted by atomic mass is 35.5. The number of rotatable bonds is 6. The second-order valence-corrected chi connectivity index (χ2v) is 8.53. The van der Waals surface area contributed by atoms with Crippen LogP contribution in [0.15, 0.2) is 72.9 Å². The van der Waals surface area contributed by atoms with Gasteiger partial charge in [0.25, 0.3) is 0 Å². The topological polar surface area (TPSA) is 44.9 Å². The number of hydrogen-bond acceptors (Lipinski definition) is 1. The smallest absolute Gasteiger partial charge is 0.361 e. The monoisotopic (exact) mass is 490 g/mol. The standard InChI is InChI=1S/C25H19Cl2F3N2O/c26-17-7-9-23-19(11-17)20(14-31-23)18(12-24(33)32-13-15-4-2-1-3-5-15)16-6-8-22(27)21(10-16)25(28,29)30/h1-11,14,18,31H,12-13H2,(H,32,33)/t18-/m0/s1. The van der Waals surface area contributed by atoms with Crippen molar-refractivity contribution in [3.05, 3.63) is 105 Å². The van der Waals surface area contributed by atoms with Gasteiger partial charge in [-0.15, -0.1) is 0 Å². The number of amides is 1. The number of H-pyrrole nitrogens is 1. The largest absolute Gasteiger partial charge is 0.417 e. The Balaban J connectivity index is 1.71. The van der Waals surface area contributed by atoms with Gasteiger partial charge in [-0.25, -0.2) is 0 Å². The molecule has 1 atom stereocenters. The molecule has 3 aromatic carbocycles. The first-order valence-corrected chi connectivity index (χ1v) is 10.9. The fraction of sp³-hybridized carbons (Fsp3) is 0.160. The minimum Gasteiger partial charge on any atom is -0.361 e. The van der Waals surface area contributed by atoms with Gasteiger partial charge >= 0.3 is 6.18 Å². The van der Waals surface area contributed by atoms with Crippen molar-refractivity contribution in [2.75, 3.05) is 0 Å². The number of aromatic amines is 1. The van der Waals surface area contributed by atoms with E-state index in [4.69, 9.17) is 23.2 Å². The fourth-order valence-electron chi connectivity index (χ4n) is 3.84. The number of carbonyl (C=O) groups is 1. The SMILES string of the molecule is O=C(C[C@@H](c1ccc(Cl)c(C(F)(F)F)c1)c1c[nH]c2ccc(Cl)cc12)NCc1ccccc1. The van der Waals surface area contributed by atoms with Crippen LogP contribution in [0.4, 0.5) is 13.2 Å². The molecule has 2 N–H and O–H groups in total. The zero-order valence-corrected chi connectivity index (χ0v) is 18.7. The molecule has 1 amide bonds. The van der Waals surface area contributed by atoms with Crippen molar-refractivity contribution in [1.82, 2.24) is 10.3 Å². The van der Waals surface area contributed by atoms with Gasteiger partial charge in [-0.1, -0.05) is 59.6 Å². The number of nitrogens with one attached hydrogen (secondary N) is 2. The van der Waals surface area contributed by atoms with Gasteiger partial charge in [0.1, 0.15) is 0 Å². The van der Waals surface area contributed by atoms with Crippen LogP contribution in [-0.2, 0) is 17.5 Å². The van der Waals surface area contributed by atoms with Crippen molar-refractivity contribution < 1.29 is 18.0 Å². The van der Waals surface area contributed by atoms with E-state index in [2.05, 4.69) is 10.3 Å². The molecule has 1 heterocycles. The van der Waals surface area contributed by atoms with E-state index < -0.39 is 17.7 Å². The van der Waals surface area contributed by atoms with Crippen LogP contribution in [0.5, 0.6) is 0 Å². The van der Waals surface area contributed by atoms with Crippen LogP contribution in [0, 0.1) is 0 Å². The molecule has 0 fully saturated rings. The van der Waals surface area contributed by atoms with Gasteiger partial charge < -0.3 is 10.3 Å². The summed E-state index contributed by atoms with van der Waals surface area (Å²) < 4.78 is 40.6. The Morgan fingerprint density at radius 2 is 1.76 bits per heavy atom. The van der Waals surface area contributed by atoms with Crippen molar-refractivity contribution >= 4 is 40.0 Å². The fourth-order valence-corrected chi connectivity index (χ4v) is 4.24. The van der Waals surface area contributed by atoms with Crippen LogP contribution >= 0.6 is 23.2 Å². The Morgan fingerprint density at radius 1 is 1.00 bits per heavy atom. The molecule has 4 rings (SSSR count). The molecule has 1 aromatic heterocycles. The molecule has 33 heavy (non-hydrogen) atoms. The molecule has 0 aliphatic rings. The van der Waals surface area contributed by atoms with E-state index in [1.165, 1.54) is 12.1 Å². The highest BCUT2D eigenvalue weighted by Gasteiger charge is 2.34. The summed E-state index contributed by atoms with van der Waals surface area (Å²) in [5, 5.41) is 3.70. The summed E-state index contributed by atoms with van der Waals surface area (Å²) in [6.07, 6.45) is -2.96. The van der Waals surface area contributed by atoms with Gasteiger partial charge in [-0.2, -0.15) is 13.2 Å². The maximum absolute atomic E-state index is 13.5. The Labute approximate surface area is 198 Å². The lowest BCUT2D eigenvalue weighted by atomic mass is 9.87. The van der Waals surface area contributed by atoms with Crippen LogP contribution in [0.2, 0.25) is 10.0 Å². The lowest BCUT2D eigenvalue weighted by Gasteiger charge is -2.19. The molecule has 170 valence electrons. The maximum atomic E-state index is 13.5. The van der Waals surface area contributed by atoms with E-state index in [-0.39, 0.29) is 17.4 Å². The van der Waals surface area contributed by atoms with Gasteiger partial charge in [0, 0.05) is 41.0 Å². The van der Waals surface area contributed by atoms with E-state index in [0.29, 0.717) is 22.7 Å². The third-order valence-corrected chi connectivity index (χ3v) is 6.04. The zero-order chi connectivity index (χ0) is 23.6. The normalized spacial score (nSPS) is 12.6. The molecule has 0 bridgehead atoms. The average molecular weight is 491 g/mol. The van der Waals surface area contributed by atoms with Crippen LogP contribution in [0.1, 0.15) is 34.6 Å². The van der Waals surface area contributed by atoms with Crippen LogP contribution < -0.4 is 5.32 Å². The molecule has 0 spiro atoms. The number of halogens is 5. The molecular weight excluding hydrogens is 472 g/mol. The molecule has 0 aliphatic heterocycles. The maximum Gasteiger partial charge on any atom is 0.417 e. The highest BCUT2D eigenvalue weighted by molar-refractivity contribution is 6.31. The number of fused-ring (bicyclic) bond motifs is 1. The molecule has 0 unspecified atom stereocenters. The molecule has 0 radical (unpaired) electrons. The van der Waals surface area contributed by atoms with Crippen molar-refractivity contribution in [3.8, 4) is 0 Å². The Hall–Kier alpha value is -2.96. The molecule has 0 saturated carbocycles. The first-order chi connectivity index (χ1) is 15.7. The third kappa shape index (κ3) is 5.34. The number of hydrogen-bond donors (Lipinski definition) is 2. The minimum absolute atomic E-state index is 0.0504.